The Kier molecular flexibility index (Phi) is 6.03. The van der Waals surface area contributed by atoms with Gasteiger partial charge in [-0.3, -0.25) is 9.59 Å². The van der Waals surface area contributed by atoms with Gasteiger partial charge in [0.15, 0.2) is 5.78 Å². The summed E-state index contributed by atoms with van der Waals surface area (Å²) < 4.78 is 10.5. The van der Waals surface area contributed by atoms with E-state index >= 15 is 0 Å². The van der Waals surface area contributed by atoms with Crippen LogP contribution in [0.25, 0.3) is 0 Å². The topological polar surface area (TPSA) is 55.8 Å². The van der Waals surface area contributed by atoms with Gasteiger partial charge >= 0.3 is 0 Å². The second-order valence-corrected chi connectivity index (χ2v) is 7.56. The minimum absolute atomic E-state index is 0.0341. The number of β-lactam (4-membered cyclic amide) rings is 1. The summed E-state index contributed by atoms with van der Waals surface area (Å²) in [5, 5.41) is 0. The lowest BCUT2D eigenvalue weighted by atomic mass is 9.78. The monoisotopic (exact) mass is 415 g/mol. The van der Waals surface area contributed by atoms with Gasteiger partial charge in [0.25, 0.3) is 0 Å². The molecule has 0 unspecified atom stereocenters. The lowest BCUT2D eigenvalue weighted by Crippen LogP contribution is -2.55. The van der Waals surface area contributed by atoms with Crippen molar-refractivity contribution in [3.63, 3.8) is 0 Å². The standard InChI is InChI=1S/C26H25NO4/c1-30-21-12-8-19(9-13-21)25-23(16-17-24(28)18-6-4-3-5-7-18)26(29)27(25)20-10-14-22(31-2)15-11-20/h3-15,23,25H,16-17H2,1-2H3/t23-,25-/m1/s1. The Hall–Kier alpha value is -3.60. The molecule has 4 rings (SSSR count). The summed E-state index contributed by atoms with van der Waals surface area (Å²) in [4.78, 5) is 27.5. The molecule has 5 nitrogen and oxygen atoms in total. The van der Waals surface area contributed by atoms with E-state index in [1.54, 1.807) is 19.1 Å². The van der Waals surface area contributed by atoms with Crippen molar-refractivity contribution in [1.29, 1.82) is 0 Å². The zero-order chi connectivity index (χ0) is 21.8. The number of carbonyl (C=O) groups excluding carboxylic acids is 2. The van der Waals surface area contributed by atoms with Crippen molar-refractivity contribution in [3.8, 4) is 11.5 Å². The van der Waals surface area contributed by atoms with Crippen molar-refractivity contribution in [2.24, 2.45) is 5.92 Å². The summed E-state index contributed by atoms with van der Waals surface area (Å²) in [7, 11) is 3.24. The molecule has 1 saturated heterocycles. The summed E-state index contributed by atoms with van der Waals surface area (Å²) >= 11 is 0. The molecule has 2 atom stereocenters. The number of methoxy groups -OCH3 is 2. The number of rotatable bonds is 8. The molecule has 3 aromatic carbocycles. The predicted molar refractivity (Wildman–Crippen MR) is 120 cm³/mol. The van der Waals surface area contributed by atoms with E-state index < -0.39 is 0 Å². The molecule has 31 heavy (non-hydrogen) atoms. The van der Waals surface area contributed by atoms with Crippen LogP contribution in [0.4, 0.5) is 5.69 Å². The van der Waals surface area contributed by atoms with Gasteiger partial charge in [0.05, 0.1) is 26.2 Å². The fourth-order valence-electron chi connectivity index (χ4n) is 4.10. The van der Waals surface area contributed by atoms with E-state index in [0.29, 0.717) is 18.4 Å². The highest BCUT2D eigenvalue weighted by atomic mass is 16.5. The van der Waals surface area contributed by atoms with E-state index in [2.05, 4.69) is 0 Å². The van der Waals surface area contributed by atoms with Crippen LogP contribution in [0.15, 0.2) is 78.9 Å². The van der Waals surface area contributed by atoms with Gasteiger partial charge in [-0.2, -0.15) is 0 Å². The van der Waals surface area contributed by atoms with Crippen molar-refractivity contribution in [3.05, 3.63) is 90.0 Å². The fraction of sp³-hybridized carbons (Fsp3) is 0.231. The highest BCUT2D eigenvalue weighted by Gasteiger charge is 2.48. The summed E-state index contributed by atoms with van der Waals surface area (Å²) in [6, 6.07) is 24.3. The molecular formula is C26H25NO4. The van der Waals surface area contributed by atoms with Gasteiger partial charge in [0, 0.05) is 17.7 Å². The SMILES string of the molecule is COc1ccc([C@@H]2[C@@H](CCC(=O)c3ccccc3)C(=O)N2c2ccc(OC)cc2)cc1. The average molecular weight is 415 g/mol. The molecule has 0 bridgehead atoms. The van der Waals surface area contributed by atoms with Crippen molar-refractivity contribution in [2.45, 2.75) is 18.9 Å². The Morgan fingerprint density at radius 1 is 0.839 bits per heavy atom. The van der Waals surface area contributed by atoms with Gasteiger partial charge < -0.3 is 14.4 Å². The third kappa shape index (κ3) is 4.17. The molecule has 0 saturated carbocycles. The molecule has 1 aliphatic heterocycles. The van der Waals surface area contributed by atoms with E-state index in [-0.39, 0.29) is 23.7 Å². The fourth-order valence-corrected chi connectivity index (χ4v) is 4.10. The third-order valence-electron chi connectivity index (χ3n) is 5.80. The molecule has 1 fully saturated rings. The second kappa shape index (κ2) is 9.04. The van der Waals surface area contributed by atoms with Crippen LogP contribution >= 0.6 is 0 Å². The number of anilines is 1. The Labute approximate surface area is 182 Å². The molecule has 3 aromatic rings. The number of nitrogens with zero attached hydrogens (tertiary/aromatic N) is 1. The number of amides is 1. The Morgan fingerprint density at radius 3 is 2.00 bits per heavy atom. The number of Topliss-reactive ketones (excluding diaryl/α,β-unsaturated/α-hetero) is 1. The zero-order valence-electron chi connectivity index (χ0n) is 17.7. The second-order valence-electron chi connectivity index (χ2n) is 7.56. The van der Waals surface area contributed by atoms with Crippen LogP contribution in [0, 0.1) is 5.92 Å². The minimum Gasteiger partial charge on any atom is -0.497 e. The van der Waals surface area contributed by atoms with E-state index in [4.69, 9.17) is 9.47 Å². The molecule has 5 heteroatoms. The maximum atomic E-state index is 13.1. The van der Waals surface area contributed by atoms with Crippen molar-refractivity contribution in [1.82, 2.24) is 0 Å². The molecular weight excluding hydrogens is 390 g/mol. The molecule has 1 aliphatic rings. The van der Waals surface area contributed by atoms with Crippen LogP contribution in [0.1, 0.15) is 34.8 Å². The molecule has 0 N–H and O–H groups in total. The maximum absolute atomic E-state index is 13.1. The number of ether oxygens (including phenoxy) is 2. The van der Waals surface area contributed by atoms with E-state index in [9.17, 15) is 9.59 Å². The highest BCUT2D eigenvalue weighted by molar-refractivity contribution is 6.04. The van der Waals surface area contributed by atoms with Crippen LogP contribution in [-0.2, 0) is 4.79 Å². The van der Waals surface area contributed by atoms with Gasteiger partial charge in [-0.25, -0.2) is 0 Å². The first-order chi connectivity index (χ1) is 15.1. The van der Waals surface area contributed by atoms with Crippen LogP contribution in [0.2, 0.25) is 0 Å². The predicted octanol–water partition coefficient (Wildman–Crippen LogP) is 5.07. The van der Waals surface area contributed by atoms with Crippen molar-refractivity contribution >= 4 is 17.4 Å². The first-order valence-electron chi connectivity index (χ1n) is 10.3. The molecule has 0 aliphatic carbocycles. The normalized spacial score (nSPS) is 17.7. The van der Waals surface area contributed by atoms with Crippen LogP contribution in [0.3, 0.4) is 0 Å². The molecule has 1 amide bonds. The van der Waals surface area contributed by atoms with E-state index in [1.165, 1.54) is 0 Å². The summed E-state index contributed by atoms with van der Waals surface area (Å²) in [6.45, 7) is 0. The average Bonchev–Trinajstić information content (AvgIpc) is 2.83. The van der Waals surface area contributed by atoms with Crippen molar-refractivity contribution in [2.75, 3.05) is 19.1 Å². The largest absolute Gasteiger partial charge is 0.497 e. The lowest BCUT2D eigenvalue weighted by Gasteiger charge is -2.47. The number of hydrogen-bond donors (Lipinski definition) is 0. The summed E-state index contributed by atoms with van der Waals surface area (Å²) in [5.41, 5.74) is 2.52. The first-order valence-corrected chi connectivity index (χ1v) is 10.3. The Balaban J connectivity index is 1.57. The molecule has 0 aromatic heterocycles. The van der Waals surface area contributed by atoms with E-state index in [1.807, 2.05) is 78.9 Å². The lowest BCUT2D eigenvalue weighted by molar-refractivity contribution is -0.130. The molecule has 158 valence electrons. The Morgan fingerprint density at radius 2 is 1.42 bits per heavy atom. The number of ketones is 1. The van der Waals surface area contributed by atoms with Gasteiger partial charge in [0.2, 0.25) is 5.91 Å². The first kappa shape index (κ1) is 20.7. The molecule has 0 spiro atoms. The number of carbonyl (C=O) groups is 2. The van der Waals surface area contributed by atoms with E-state index in [0.717, 1.165) is 22.7 Å². The third-order valence-corrected chi connectivity index (χ3v) is 5.80. The van der Waals surface area contributed by atoms with Crippen LogP contribution in [0.5, 0.6) is 11.5 Å². The van der Waals surface area contributed by atoms with Gasteiger partial charge in [-0.05, 0) is 48.4 Å². The van der Waals surface area contributed by atoms with Crippen LogP contribution < -0.4 is 14.4 Å². The number of benzene rings is 3. The molecule has 1 heterocycles. The van der Waals surface area contributed by atoms with Gasteiger partial charge in [0.1, 0.15) is 11.5 Å². The quantitative estimate of drug-likeness (QED) is 0.381. The maximum Gasteiger partial charge on any atom is 0.233 e. The molecule has 0 radical (unpaired) electrons. The van der Waals surface area contributed by atoms with Gasteiger partial charge in [-0.1, -0.05) is 42.5 Å². The van der Waals surface area contributed by atoms with Gasteiger partial charge in [-0.15, -0.1) is 0 Å². The van der Waals surface area contributed by atoms with Crippen LogP contribution in [-0.4, -0.2) is 25.9 Å². The highest BCUT2D eigenvalue weighted by Crippen LogP contribution is 2.46. The number of hydrogen-bond acceptors (Lipinski definition) is 4. The van der Waals surface area contributed by atoms with Crippen molar-refractivity contribution < 1.29 is 19.1 Å². The Bertz CT molecular complexity index is 1050. The minimum atomic E-state index is -0.247. The zero-order valence-corrected chi connectivity index (χ0v) is 17.7. The summed E-state index contributed by atoms with van der Waals surface area (Å²) in [5.74, 6) is 1.35. The summed E-state index contributed by atoms with van der Waals surface area (Å²) in [6.07, 6.45) is 0.847. The smallest absolute Gasteiger partial charge is 0.233 e.